The lowest BCUT2D eigenvalue weighted by molar-refractivity contribution is -0.289. The summed E-state index contributed by atoms with van der Waals surface area (Å²) in [6.45, 7) is 11.1. The van der Waals surface area contributed by atoms with Crippen molar-refractivity contribution in [2.24, 2.45) is 0 Å². The van der Waals surface area contributed by atoms with E-state index < -0.39 is 11.6 Å². The molecule has 1 aromatic rings. The van der Waals surface area contributed by atoms with E-state index in [0.717, 1.165) is 12.2 Å². The van der Waals surface area contributed by atoms with Crippen LogP contribution in [0, 0.1) is 0 Å². The van der Waals surface area contributed by atoms with E-state index in [2.05, 4.69) is 17.0 Å². The molecule has 3 rings (SSSR count). The standard InChI is InChI=1S/C19H30N2O4/c1-18(2)22-10-16(11-23-18)21(9-14-5-7-15(20)8-6-14)17-12-24-19(3,4)25-13-17/h5-8,16-17H,9-13,20H2,1-4H3. The molecule has 2 aliphatic rings. The molecule has 0 unspecified atom stereocenters. The molecule has 2 N–H and O–H groups in total. The first kappa shape index (κ1) is 18.6. The van der Waals surface area contributed by atoms with Crippen LogP contribution in [0.1, 0.15) is 33.3 Å². The van der Waals surface area contributed by atoms with E-state index in [9.17, 15) is 0 Å². The lowest BCUT2D eigenvalue weighted by atomic mass is 10.1. The van der Waals surface area contributed by atoms with Crippen molar-refractivity contribution in [1.82, 2.24) is 4.90 Å². The Morgan fingerprint density at radius 2 is 1.24 bits per heavy atom. The highest BCUT2D eigenvalue weighted by molar-refractivity contribution is 5.39. The van der Waals surface area contributed by atoms with E-state index in [-0.39, 0.29) is 12.1 Å². The van der Waals surface area contributed by atoms with E-state index in [0.29, 0.717) is 26.4 Å². The summed E-state index contributed by atoms with van der Waals surface area (Å²) in [6.07, 6.45) is 0. The fourth-order valence-electron chi connectivity index (χ4n) is 3.14. The molecule has 0 bridgehead atoms. The molecule has 2 fully saturated rings. The highest BCUT2D eigenvalue weighted by Crippen LogP contribution is 2.26. The van der Waals surface area contributed by atoms with Crippen LogP contribution in [-0.4, -0.2) is 55.0 Å². The highest BCUT2D eigenvalue weighted by Gasteiger charge is 2.38. The van der Waals surface area contributed by atoms with Gasteiger partial charge in [-0.2, -0.15) is 0 Å². The fraction of sp³-hybridized carbons (Fsp3) is 0.684. The fourth-order valence-corrected chi connectivity index (χ4v) is 3.14. The van der Waals surface area contributed by atoms with Crippen molar-refractivity contribution in [3.05, 3.63) is 29.8 Å². The smallest absolute Gasteiger partial charge is 0.162 e. The number of nitrogens with zero attached hydrogens (tertiary/aromatic N) is 1. The number of hydrogen-bond acceptors (Lipinski definition) is 6. The van der Waals surface area contributed by atoms with E-state index >= 15 is 0 Å². The topological polar surface area (TPSA) is 66.2 Å². The van der Waals surface area contributed by atoms with E-state index in [4.69, 9.17) is 24.7 Å². The molecule has 25 heavy (non-hydrogen) atoms. The maximum Gasteiger partial charge on any atom is 0.162 e. The molecule has 140 valence electrons. The molecule has 2 aliphatic heterocycles. The molecular formula is C19H30N2O4. The van der Waals surface area contributed by atoms with Crippen molar-refractivity contribution in [2.45, 2.75) is 57.9 Å². The van der Waals surface area contributed by atoms with Gasteiger partial charge in [0.1, 0.15) is 0 Å². The molecule has 6 heteroatoms. The van der Waals surface area contributed by atoms with Gasteiger partial charge >= 0.3 is 0 Å². The van der Waals surface area contributed by atoms with Gasteiger partial charge in [-0.15, -0.1) is 0 Å². The Bertz CT molecular complexity index is 525. The van der Waals surface area contributed by atoms with Crippen molar-refractivity contribution < 1.29 is 18.9 Å². The van der Waals surface area contributed by atoms with Gasteiger partial charge in [0.05, 0.1) is 38.5 Å². The van der Waals surface area contributed by atoms with E-state index in [1.807, 2.05) is 39.8 Å². The van der Waals surface area contributed by atoms with Gasteiger partial charge < -0.3 is 24.7 Å². The quantitative estimate of drug-likeness (QED) is 0.841. The van der Waals surface area contributed by atoms with Crippen LogP contribution in [0.15, 0.2) is 24.3 Å². The van der Waals surface area contributed by atoms with Gasteiger partial charge in [0.15, 0.2) is 11.6 Å². The Balaban J connectivity index is 1.73. The average Bonchev–Trinajstić information content (AvgIpc) is 2.55. The number of ether oxygens (including phenoxy) is 4. The number of anilines is 1. The molecule has 6 nitrogen and oxygen atoms in total. The van der Waals surface area contributed by atoms with Gasteiger partial charge in [0.2, 0.25) is 0 Å². The Labute approximate surface area is 150 Å². The number of benzene rings is 1. The molecule has 0 radical (unpaired) electrons. The second-order valence-electron chi connectivity index (χ2n) is 7.77. The second-order valence-corrected chi connectivity index (χ2v) is 7.77. The number of rotatable bonds is 4. The zero-order chi connectivity index (χ0) is 18.1. The van der Waals surface area contributed by atoms with Gasteiger partial charge in [-0.3, -0.25) is 4.90 Å². The normalized spacial score (nSPS) is 24.5. The third-order valence-electron chi connectivity index (χ3n) is 4.78. The summed E-state index contributed by atoms with van der Waals surface area (Å²) in [5.74, 6) is -1.05. The second kappa shape index (κ2) is 7.21. The van der Waals surface area contributed by atoms with Crippen LogP contribution in [0.4, 0.5) is 5.69 Å². The summed E-state index contributed by atoms with van der Waals surface area (Å²) in [5.41, 5.74) is 7.78. The highest BCUT2D eigenvalue weighted by atomic mass is 16.7. The van der Waals surface area contributed by atoms with Gasteiger partial charge in [-0.25, -0.2) is 0 Å². The minimum atomic E-state index is -0.523. The minimum Gasteiger partial charge on any atom is -0.399 e. The average molecular weight is 350 g/mol. The van der Waals surface area contributed by atoms with Gasteiger partial charge in [-0.1, -0.05) is 12.1 Å². The predicted octanol–water partition coefficient (Wildman–Crippen LogP) is 2.37. The largest absolute Gasteiger partial charge is 0.399 e. The lowest BCUT2D eigenvalue weighted by Gasteiger charge is -2.46. The first-order valence-corrected chi connectivity index (χ1v) is 8.90. The van der Waals surface area contributed by atoms with Gasteiger partial charge in [0, 0.05) is 12.2 Å². The van der Waals surface area contributed by atoms with Crippen LogP contribution in [-0.2, 0) is 25.5 Å². The summed E-state index contributed by atoms with van der Waals surface area (Å²) in [7, 11) is 0. The van der Waals surface area contributed by atoms with Crippen molar-refractivity contribution in [3.8, 4) is 0 Å². The minimum absolute atomic E-state index is 0.156. The van der Waals surface area contributed by atoms with Gasteiger partial charge in [-0.05, 0) is 45.4 Å². The van der Waals surface area contributed by atoms with E-state index in [1.165, 1.54) is 5.56 Å². The Hall–Kier alpha value is -1.18. The molecule has 0 amide bonds. The van der Waals surface area contributed by atoms with Crippen LogP contribution in [0.5, 0.6) is 0 Å². The van der Waals surface area contributed by atoms with Crippen LogP contribution in [0.2, 0.25) is 0 Å². The molecule has 1 aromatic carbocycles. The van der Waals surface area contributed by atoms with Crippen LogP contribution >= 0.6 is 0 Å². The molecule has 0 atom stereocenters. The zero-order valence-electron chi connectivity index (χ0n) is 15.7. The third kappa shape index (κ3) is 4.92. The van der Waals surface area contributed by atoms with E-state index in [1.54, 1.807) is 0 Å². The lowest BCUT2D eigenvalue weighted by Crippen LogP contribution is -2.58. The summed E-state index contributed by atoms with van der Waals surface area (Å²) >= 11 is 0. The van der Waals surface area contributed by atoms with Crippen molar-refractivity contribution >= 4 is 5.69 Å². The zero-order valence-corrected chi connectivity index (χ0v) is 15.7. The maximum atomic E-state index is 5.88. The number of nitrogens with two attached hydrogens (primary N) is 1. The molecule has 2 heterocycles. The number of hydrogen-bond donors (Lipinski definition) is 1. The molecule has 0 spiro atoms. The summed E-state index contributed by atoms with van der Waals surface area (Å²) in [5, 5.41) is 0. The summed E-state index contributed by atoms with van der Waals surface area (Å²) < 4.78 is 23.5. The van der Waals surface area contributed by atoms with Crippen molar-refractivity contribution in [1.29, 1.82) is 0 Å². The molecule has 2 saturated heterocycles. The summed E-state index contributed by atoms with van der Waals surface area (Å²) in [6, 6.07) is 8.30. The van der Waals surface area contributed by atoms with Crippen molar-refractivity contribution in [2.75, 3.05) is 32.2 Å². The Morgan fingerprint density at radius 3 is 1.64 bits per heavy atom. The van der Waals surface area contributed by atoms with Crippen LogP contribution < -0.4 is 5.73 Å². The van der Waals surface area contributed by atoms with Gasteiger partial charge in [0.25, 0.3) is 0 Å². The van der Waals surface area contributed by atoms with Crippen LogP contribution in [0.25, 0.3) is 0 Å². The first-order valence-electron chi connectivity index (χ1n) is 8.90. The van der Waals surface area contributed by atoms with Crippen LogP contribution in [0.3, 0.4) is 0 Å². The number of nitrogen functional groups attached to an aromatic ring is 1. The third-order valence-corrected chi connectivity index (χ3v) is 4.78. The van der Waals surface area contributed by atoms with Crippen molar-refractivity contribution in [3.63, 3.8) is 0 Å². The SMILES string of the molecule is CC1(C)OCC(N(Cc2ccc(N)cc2)C2COC(C)(C)OC2)CO1. The summed E-state index contributed by atoms with van der Waals surface area (Å²) in [4.78, 5) is 2.37. The monoisotopic (exact) mass is 350 g/mol. The Kier molecular flexibility index (Phi) is 5.37. The first-order chi connectivity index (χ1) is 11.7. The maximum absolute atomic E-state index is 5.88. The molecule has 0 saturated carbocycles. The Morgan fingerprint density at radius 1 is 0.840 bits per heavy atom. The predicted molar refractivity (Wildman–Crippen MR) is 95.9 cm³/mol. The molecule has 0 aliphatic carbocycles. The molecular weight excluding hydrogens is 320 g/mol. The molecule has 0 aromatic heterocycles.